The molecule has 0 bridgehead atoms. The van der Waals surface area contributed by atoms with Crippen LogP contribution in [0.3, 0.4) is 0 Å². The van der Waals surface area contributed by atoms with Crippen molar-refractivity contribution in [2.75, 3.05) is 39.4 Å². The third-order valence-electron chi connectivity index (χ3n) is 4.47. The summed E-state index contributed by atoms with van der Waals surface area (Å²) < 4.78 is 6.71. The van der Waals surface area contributed by atoms with Gasteiger partial charge in [-0.3, -0.25) is 9.80 Å². The molecule has 2 saturated heterocycles. The van der Waals surface area contributed by atoms with Gasteiger partial charge in [0.1, 0.15) is 0 Å². The van der Waals surface area contributed by atoms with Crippen molar-refractivity contribution in [1.29, 1.82) is 0 Å². The molecule has 2 aliphatic heterocycles. The van der Waals surface area contributed by atoms with Gasteiger partial charge in [-0.15, -0.1) is 11.3 Å². The summed E-state index contributed by atoms with van der Waals surface area (Å²) in [6.45, 7) is 7.25. The van der Waals surface area contributed by atoms with Gasteiger partial charge in [-0.25, -0.2) is 0 Å². The lowest BCUT2D eigenvalue weighted by atomic mass is 10.1. The van der Waals surface area contributed by atoms with Crippen LogP contribution in [-0.4, -0.2) is 55.2 Å². The van der Waals surface area contributed by atoms with Crippen LogP contribution < -0.4 is 0 Å². The summed E-state index contributed by atoms with van der Waals surface area (Å²) >= 11 is 8.36. The number of hydrogen-bond acceptors (Lipinski definition) is 4. The second-order valence-corrected chi connectivity index (χ2v) is 7.35. The molecule has 1 aromatic heterocycles. The quantitative estimate of drug-likeness (QED) is 0.863. The molecule has 0 unspecified atom stereocenters. The number of nitrogens with zero attached hydrogens (tertiary/aromatic N) is 2. The number of likely N-dealkylation sites (tertiary alicyclic amines) is 1. The molecular formula is C16H19ClN2OS. The fourth-order valence-corrected chi connectivity index (χ4v) is 4.75. The molecule has 0 radical (unpaired) electrons. The van der Waals surface area contributed by atoms with Crippen LogP contribution in [0.15, 0.2) is 24.3 Å². The molecule has 3 heterocycles. The Balaban J connectivity index is 1.39. The molecule has 2 fully saturated rings. The zero-order chi connectivity index (χ0) is 14.2. The molecule has 2 aliphatic rings. The van der Waals surface area contributed by atoms with Gasteiger partial charge in [0, 0.05) is 53.7 Å². The molecule has 0 saturated carbocycles. The van der Waals surface area contributed by atoms with Gasteiger partial charge in [-0.05, 0) is 6.07 Å². The number of thiophene rings is 1. The Bertz CT molecular complexity index is 632. The van der Waals surface area contributed by atoms with E-state index in [1.165, 1.54) is 15.0 Å². The molecule has 5 heteroatoms. The number of rotatable bonds is 3. The van der Waals surface area contributed by atoms with Gasteiger partial charge in [-0.2, -0.15) is 0 Å². The molecule has 0 aliphatic carbocycles. The van der Waals surface area contributed by atoms with Crippen molar-refractivity contribution in [3.8, 4) is 0 Å². The first-order valence-electron chi connectivity index (χ1n) is 7.51. The van der Waals surface area contributed by atoms with Crippen molar-refractivity contribution in [2.24, 2.45) is 0 Å². The standard InChI is InChI=1S/C16H19ClN2OS/c17-16-13-3-1-2-4-14(13)21-15(16)11-18-9-12(10-18)19-5-7-20-8-6-19/h1-4,12H,5-11H2. The molecule has 3 nitrogen and oxygen atoms in total. The summed E-state index contributed by atoms with van der Waals surface area (Å²) in [7, 11) is 0. The van der Waals surface area contributed by atoms with E-state index in [9.17, 15) is 0 Å². The number of morpholine rings is 1. The molecule has 0 atom stereocenters. The molecule has 4 rings (SSSR count). The van der Waals surface area contributed by atoms with Gasteiger partial charge in [0.2, 0.25) is 0 Å². The smallest absolute Gasteiger partial charge is 0.0637 e. The Kier molecular flexibility index (Phi) is 3.90. The van der Waals surface area contributed by atoms with Crippen molar-refractivity contribution in [2.45, 2.75) is 12.6 Å². The number of benzene rings is 1. The lowest BCUT2D eigenvalue weighted by Crippen LogP contribution is -2.60. The van der Waals surface area contributed by atoms with Gasteiger partial charge < -0.3 is 4.74 Å². The molecule has 0 N–H and O–H groups in total. The van der Waals surface area contributed by atoms with Crippen LogP contribution in [0.1, 0.15) is 4.88 Å². The minimum Gasteiger partial charge on any atom is -0.379 e. The summed E-state index contributed by atoms with van der Waals surface area (Å²) in [5, 5.41) is 2.15. The van der Waals surface area contributed by atoms with Crippen LogP contribution in [0.5, 0.6) is 0 Å². The van der Waals surface area contributed by atoms with E-state index in [-0.39, 0.29) is 0 Å². The molecule has 0 amide bonds. The van der Waals surface area contributed by atoms with Crippen LogP contribution in [0.2, 0.25) is 5.02 Å². The van der Waals surface area contributed by atoms with E-state index in [0.29, 0.717) is 6.04 Å². The zero-order valence-electron chi connectivity index (χ0n) is 11.9. The van der Waals surface area contributed by atoms with E-state index in [1.807, 2.05) is 11.3 Å². The van der Waals surface area contributed by atoms with E-state index in [1.54, 1.807) is 0 Å². The van der Waals surface area contributed by atoms with Gasteiger partial charge in [0.15, 0.2) is 0 Å². The first-order chi connectivity index (χ1) is 10.3. The lowest BCUT2D eigenvalue weighted by molar-refractivity contribution is -0.0341. The SMILES string of the molecule is Clc1c(CN2CC(N3CCOCC3)C2)sc2ccccc12. The Morgan fingerprint density at radius 3 is 2.71 bits per heavy atom. The van der Waals surface area contributed by atoms with E-state index >= 15 is 0 Å². The van der Waals surface area contributed by atoms with Crippen LogP contribution >= 0.6 is 22.9 Å². The summed E-state index contributed by atoms with van der Waals surface area (Å²) in [6.07, 6.45) is 0. The highest BCUT2D eigenvalue weighted by atomic mass is 35.5. The Morgan fingerprint density at radius 1 is 1.19 bits per heavy atom. The summed E-state index contributed by atoms with van der Waals surface area (Å²) in [5.41, 5.74) is 0. The second kappa shape index (κ2) is 5.86. The fraction of sp³-hybridized carbons (Fsp3) is 0.500. The van der Waals surface area contributed by atoms with E-state index in [2.05, 4.69) is 34.1 Å². The highest BCUT2D eigenvalue weighted by molar-refractivity contribution is 7.19. The Hall–Kier alpha value is -0.650. The van der Waals surface area contributed by atoms with Crippen LogP contribution in [0.4, 0.5) is 0 Å². The molecule has 112 valence electrons. The van der Waals surface area contributed by atoms with Crippen molar-refractivity contribution < 1.29 is 4.74 Å². The largest absolute Gasteiger partial charge is 0.379 e. The minimum absolute atomic E-state index is 0.710. The van der Waals surface area contributed by atoms with Gasteiger partial charge >= 0.3 is 0 Å². The first kappa shape index (κ1) is 14.0. The maximum absolute atomic E-state index is 6.52. The van der Waals surface area contributed by atoms with Crippen molar-refractivity contribution >= 4 is 33.0 Å². The predicted octanol–water partition coefficient (Wildman–Crippen LogP) is 3.07. The Labute approximate surface area is 134 Å². The third-order valence-corrected chi connectivity index (χ3v) is 6.17. The number of halogens is 1. The van der Waals surface area contributed by atoms with Gasteiger partial charge in [-0.1, -0.05) is 29.8 Å². The van der Waals surface area contributed by atoms with Crippen molar-refractivity contribution in [3.63, 3.8) is 0 Å². The highest BCUT2D eigenvalue weighted by Gasteiger charge is 2.32. The zero-order valence-corrected chi connectivity index (χ0v) is 13.5. The molecule has 21 heavy (non-hydrogen) atoms. The monoisotopic (exact) mass is 322 g/mol. The summed E-state index contributed by atoms with van der Waals surface area (Å²) in [6, 6.07) is 9.12. The van der Waals surface area contributed by atoms with Crippen LogP contribution in [-0.2, 0) is 11.3 Å². The van der Waals surface area contributed by atoms with Crippen molar-refractivity contribution in [3.05, 3.63) is 34.2 Å². The topological polar surface area (TPSA) is 15.7 Å². The Morgan fingerprint density at radius 2 is 1.95 bits per heavy atom. The number of fused-ring (bicyclic) bond motifs is 1. The first-order valence-corrected chi connectivity index (χ1v) is 8.71. The average molecular weight is 323 g/mol. The minimum atomic E-state index is 0.710. The van der Waals surface area contributed by atoms with E-state index in [0.717, 1.165) is 51.0 Å². The molecular weight excluding hydrogens is 304 g/mol. The molecule has 1 aromatic carbocycles. The van der Waals surface area contributed by atoms with E-state index < -0.39 is 0 Å². The maximum atomic E-state index is 6.52. The number of ether oxygens (including phenoxy) is 1. The van der Waals surface area contributed by atoms with Gasteiger partial charge in [0.25, 0.3) is 0 Å². The lowest BCUT2D eigenvalue weighted by Gasteiger charge is -2.46. The normalized spacial score (nSPS) is 21.8. The predicted molar refractivity (Wildman–Crippen MR) is 88.3 cm³/mol. The fourth-order valence-electron chi connectivity index (χ4n) is 3.21. The number of hydrogen-bond donors (Lipinski definition) is 0. The second-order valence-electron chi connectivity index (χ2n) is 5.83. The molecule has 2 aromatic rings. The summed E-state index contributed by atoms with van der Waals surface area (Å²) in [5.74, 6) is 0. The highest BCUT2D eigenvalue weighted by Crippen LogP contribution is 2.36. The molecule has 0 spiro atoms. The van der Waals surface area contributed by atoms with E-state index in [4.69, 9.17) is 16.3 Å². The maximum Gasteiger partial charge on any atom is 0.0637 e. The van der Waals surface area contributed by atoms with Crippen LogP contribution in [0, 0.1) is 0 Å². The van der Waals surface area contributed by atoms with Gasteiger partial charge in [0.05, 0.1) is 18.2 Å². The average Bonchev–Trinajstić information content (AvgIpc) is 2.80. The third kappa shape index (κ3) is 2.71. The van der Waals surface area contributed by atoms with Crippen LogP contribution in [0.25, 0.3) is 10.1 Å². The van der Waals surface area contributed by atoms with Crippen molar-refractivity contribution in [1.82, 2.24) is 9.80 Å². The summed E-state index contributed by atoms with van der Waals surface area (Å²) in [4.78, 5) is 6.36.